The number of aryl methyl sites for hydroxylation is 2. The Bertz CT molecular complexity index is 1330. The minimum Gasteiger partial charge on any atom is -0.326 e. The van der Waals surface area contributed by atoms with E-state index in [4.69, 9.17) is 0 Å². The molecule has 4 rings (SSSR count). The number of anilines is 1. The zero-order valence-corrected chi connectivity index (χ0v) is 19.5. The maximum absolute atomic E-state index is 12.8. The number of benzene rings is 1. The number of fused-ring (bicyclic) bond motifs is 1. The van der Waals surface area contributed by atoms with Crippen molar-refractivity contribution in [1.82, 2.24) is 24.3 Å². The summed E-state index contributed by atoms with van der Waals surface area (Å²) in [5.74, 6) is 0.669. The molecule has 2 N–H and O–H groups in total. The summed E-state index contributed by atoms with van der Waals surface area (Å²) in [5.41, 5.74) is 2.62. The topological polar surface area (TPSA) is 131 Å². The van der Waals surface area contributed by atoms with Crippen LogP contribution >= 0.6 is 11.8 Å². The number of nitrogens with zero attached hydrogens (tertiary/aromatic N) is 5. The van der Waals surface area contributed by atoms with Crippen LogP contribution < -0.4 is 10.0 Å². The molecule has 0 aliphatic carbocycles. The predicted octanol–water partition coefficient (Wildman–Crippen LogP) is 2.11. The lowest BCUT2D eigenvalue weighted by molar-refractivity contribution is -0.115. The number of hydrogen-bond acceptors (Lipinski definition) is 8. The van der Waals surface area contributed by atoms with Gasteiger partial charge in [-0.1, -0.05) is 17.8 Å². The number of aromatic nitrogens is 4. The molecule has 0 radical (unpaired) electrons. The van der Waals surface area contributed by atoms with Crippen molar-refractivity contribution >= 4 is 45.0 Å². The zero-order chi connectivity index (χ0) is 22.9. The van der Waals surface area contributed by atoms with Gasteiger partial charge in [0, 0.05) is 35.6 Å². The molecule has 1 aromatic carbocycles. The summed E-state index contributed by atoms with van der Waals surface area (Å²) in [6.07, 6.45) is 3.40. The molecule has 32 heavy (non-hydrogen) atoms. The molecule has 0 fully saturated rings. The second-order valence-electron chi connectivity index (χ2n) is 7.36. The first-order valence-electron chi connectivity index (χ1n) is 10.00. The molecule has 0 atom stereocenters. The van der Waals surface area contributed by atoms with Crippen LogP contribution in [0.3, 0.4) is 0 Å². The van der Waals surface area contributed by atoms with Crippen molar-refractivity contribution in [2.24, 2.45) is 4.99 Å². The molecule has 10 nitrogen and oxygen atoms in total. The van der Waals surface area contributed by atoms with Crippen molar-refractivity contribution in [3.05, 3.63) is 41.2 Å². The Morgan fingerprint density at radius 1 is 1.25 bits per heavy atom. The molecule has 3 heterocycles. The molecule has 168 valence electrons. The van der Waals surface area contributed by atoms with Gasteiger partial charge in [-0.2, -0.15) is 4.98 Å². The number of amidine groups is 1. The third-order valence-corrected chi connectivity index (χ3v) is 7.02. The molecule has 3 aromatic rings. The first kappa shape index (κ1) is 22.2. The van der Waals surface area contributed by atoms with Crippen LogP contribution in [0.4, 0.5) is 5.69 Å². The van der Waals surface area contributed by atoms with Crippen LogP contribution in [0.25, 0.3) is 5.78 Å². The molecule has 2 aromatic heterocycles. The maximum atomic E-state index is 12.8. The number of sulfonamides is 1. The molecule has 1 aliphatic heterocycles. The van der Waals surface area contributed by atoms with Gasteiger partial charge >= 0.3 is 0 Å². The Kier molecular flexibility index (Phi) is 6.15. The van der Waals surface area contributed by atoms with Crippen molar-refractivity contribution in [2.45, 2.75) is 43.2 Å². The number of aliphatic imine (C=N–C) groups is 1. The van der Waals surface area contributed by atoms with E-state index in [1.165, 1.54) is 23.9 Å². The number of hydrogen-bond donors (Lipinski definition) is 2. The standard InChI is InChI=1S/C20H23N7O3S2/c1-12-16(13(2)27-19(22-12)24-20(25-27)31-3)11-18(28)23-14-6-4-7-15(10-14)32(29,30)26-17-8-5-9-21-17/h4,6-7,10H,5,8-9,11H2,1-3H3,(H,21,26)(H,23,28). The van der Waals surface area contributed by atoms with Crippen LogP contribution in [-0.2, 0) is 21.2 Å². The second-order valence-corrected chi connectivity index (χ2v) is 9.82. The highest BCUT2D eigenvalue weighted by Crippen LogP contribution is 2.19. The monoisotopic (exact) mass is 473 g/mol. The number of carbonyl (C=O) groups excluding carboxylic acids is 1. The lowest BCUT2D eigenvalue weighted by atomic mass is 10.1. The second kappa shape index (κ2) is 8.87. The highest BCUT2D eigenvalue weighted by Gasteiger charge is 2.20. The van der Waals surface area contributed by atoms with Gasteiger partial charge in [-0.15, -0.1) is 5.10 Å². The Balaban J connectivity index is 1.52. The van der Waals surface area contributed by atoms with Gasteiger partial charge in [-0.25, -0.2) is 17.9 Å². The van der Waals surface area contributed by atoms with Gasteiger partial charge in [-0.05, 0) is 44.7 Å². The number of carbonyl (C=O) groups is 1. The van der Waals surface area contributed by atoms with Crippen molar-refractivity contribution < 1.29 is 13.2 Å². The van der Waals surface area contributed by atoms with Gasteiger partial charge < -0.3 is 5.32 Å². The smallest absolute Gasteiger partial charge is 0.262 e. The number of thioether (sulfide) groups is 1. The molecule has 1 amide bonds. The van der Waals surface area contributed by atoms with Gasteiger partial charge in [0.15, 0.2) is 0 Å². The van der Waals surface area contributed by atoms with Crippen LogP contribution in [0.2, 0.25) is 0 Å². The van der Waals surface area contributed by atoms with Crippen LogP contribution in [0, 0.1) is 13.8 Å². The fourth-order valence-corrected chi connectivity index (χ4v) is 4.95. The molecule has 0 saturated heterocycles. The molecular weight excluding hydrogens is 450 g/mol. The summed E-state index contributed by atoms with van der Waals surface area (Å²) in [6, 6.07) is 6.14. The van der Waals surface area contributed by atoms with Gasteiger partial charge in [0.25, 0.3) is 15.8 Å². The van der Waals surface area contributed by atoms with Gasteiger partial charge in [0.2, 0.25) is 11.1 Å². The van der Waals surface area contributed by atoms with Gasteiger partial charge in [0.05, 0.1) is 11.3 Å². The SMILES string of the molecule is CSc1nc2nc(C)c(CC(=O)Nc3cccc(S(=O)(=O)NC4=NCCC4)c3)c(C)n2n1. The molecular formula is C20H23N7O3S2. The molecule has 0 saturated carbocycles. The zero-order valence-electron chi connectivity index (χ0n) is 17.9. The molecule has 1 aliphatic rings. The Morgan fingerprint density at radius 2 is 2.06 bits per heavy atom. The van der Waals surface area contributed by atoms with E-state index >= 15 is 0 Å². The maximum Gasteiger partial charge on any atom is 0.262 e. The van der Waals surface area contributed by atoms with Gasteiger partial charge in [-0.3, -0.25) is 14.5 Å². The Morgan fingerprint density at radius 3 is 2.78 bits per heavy atom. The van der Waals surface area contributed by atoms with Crippen molar-refractivity contribution in [3.63, 3.8) is 0 Å². The van der Waals surface area contributed by atoms with E-state index in [9.17, 15) is 13.2 Å². The average molecular weight is 474 g/mol. The van der Waals surface area contributed by atoms with Crippen molar-refractivity contribution in [1.29, 1.82) is 0 Å². The Labute approximate surface area is 190 Å². The third kappa shape index (κ3) is 4.60. The number of nitrogens with one attached hydrogen (secondary N) is 2. The van der Waals surface area contributed by atoms with E-state index in [1.54, 1.807) is 16.6 Å². The van der Waals surface area contributed by atoms with Gasteiger partial charge in [0.1, 0.15) is 5.84 Å². The van der Waals surface area contributed by atoms with Crippen LogP contribution in [0.15, 0.2) is 39.3 Å². The van der Waals surface area contributed by atoms with E-state index in [1.807, 2.05) is 20.1 Å². The summed E-state index contributed by atoms with van der Waals surface area (Å²) in [7, 11) is -3.76. The largest absolute Gasteiger partial charge is 0.326 e. The first-order chi connectivity index (χ1) is 15.3. The van der Waals surface area contributed by atoms with E-state index in [-0.39, 0.29) is 17.2 Å². The summed E-state index contributed by atoms with van der Waals surface area (Å²) in [5, 5.41) is 7.78. The average Bonchev–Trinajstić information content (AvgIpc) is 3.40. The number of amides is 1. The van der Waals surface area contributed by atoms with Crippen molar-refractivity contribution in [2.75, 3.05) is 18.1 Å². The lowest BCUT2D eigenvalue weighted by Gasteiger charge is -2.12. The van der Waals surface area contributed by atoms with Crippen LogP contribution in [-0.4, -0.2) is 52.5 Å². The minimum atomic E-state index is -3.76. The first-order valence-corrected chi connectivity index (χ1v) is 12.7. The van der Waals surface area contributed by atoms with Crippen LogP contribution in [0.1, 0.15) is 29.8 Å². The molecule has 0 spiro atoms. The van der Waals surface area contributed by atoms with E-state index in [2.05, 4.69) is 30.1 Å². The Hall–Kier alpha value is -2.99. The summed E-state index contributed by atoms with van der Waals surface area (Å²) in [6.45, 7) is 4.32. The minimum absolute atomic E-state index is 0.0626. The highest BCUT2D eigenvalue weighted by atomic mass is 32.2. The lowest BCUT2D eigenvalue weighted by Crippen LogP contribution is -2.29. The molecule has 0 bridgehead atoms. The van der Waals surface area contributed by atoms with E-state index < -0.39 is 10.0 Å². The summed E-state index contributed by atoms with van der Waals surface area (Å²) in [4.78, 5) is 25.8. The number of rotatable bonds is 6. The van der Waals surface area contributed by atoms with E-state index in [0.29, 0.717) is 41.1 Å². The molecule has 0 unspecified atom stereocenters. The quantitative estimate of drug-likeness (QED) is 0.524. The fourth-order valence-electron chi connectivity index (χ4n) is 3.48. The predicted molar refractivity (Wildman–Crippen MR) is 123 cm³/mol. The van der Waals surface area contributed by atoms with Crippen molar-refractivity contribution in [3.8, 4) is 0 Å². The van der Waals surface area contributed by atoms with E-state index in [0.717, 1.165) is 17.7 Å². The normalized spacial score (nSPS) is 13.9. The van der Waals surface area contributed by atoms with Crippen LogP contribution in [0.5, 0.6) is 0 Å². The fraction of sp³-hybridized carbons (Fsp3) is 0.350. The highest BCUT2D eigenvalue weighted by molar-refractivity contribution is 7.98. The summed E-state index contributed by atoms with van der Waals surface area (Å²) >= 11 is 1.42. The summed E-state index contributed by atoms with van der Waals surface area (Å²) < 4.78 is 29.4. The third-order valence-electron chi connectivity index (χ3n) is 5.10. The molecule has 12 heteroatoms.